The molecule has 4 heteroatoms. The quantitative estimate of drug-likeness (QED) is 0.524. The van der Waals surface area contributed by atoms with Crippen LogP contribution in [0.25, 0.3) is 6.08 Å². The van der Waals surface area contributed by atoms with Crippen LogP contribution >= 0.6 is 11.3 Å². The fourth-order valence-electron chi connectivity index (χ4n) is 2.20. The summed E-state index contributed by atoms with van der Waals surface area (Å²) in [7, 11) is 0. The van der Waals surface area contributed by atoms with Gasteiger partial charge in [0, 0.05) is 5.56 Å². The number of benzene rings is 2. The Bertz CT molecular complexity index is 866. The third kappa shape index (κ3) is 4.75. The Kier molecular flexibility index (Phi) is 5.54. The number of nitrogens with one attached hydrogen (secondary N) is 1. The molecule has 0 aliphatic rings. The van der Waals surface area contributed by atoms with Crippen molar-refractivity contribution in [3.05, 3.63) is 106 Å². The lowest BCUT2D eigenvalue weighted by Crippen LogP contribution is -2.20. The number of hydrogen-bond donors (Lipinski definition) is 1. The van der Waals surface area contributed by atoms with Crippen LogP contribution in [-0.4, -0.2) is 11.7 Å². The normalized spacial score (nSPS) is 10.7. The van der Waals surface area contributed by atoms with E-state index in [1.165, 1.54) is 11.3 Å². The first-order valence-corrected chi connectivity index (χ1v) is 8.65. The maximum absolute atomic E-state index is 12.1. The third-order valence-corrected chi connectivity index (χ3v) is 4.42. The van der Waals surface area contributed by atoms with Crippen LogP contribution in [0.3, 0.4) is 0 Å². The summed E-state index contributed by atoms with van der Waals surface area (Å²) in [6, 6.07) is 20.3. The molecule has 1 radical (unpaired) electrons. The molecule has 1 heterocycles. The Morgan fingerprint density at radius 2 is 1.60 bits per heavy atom. The fourth-order valence-corrected chi connectivity index (χ4v) is 2.84. The van der Waals surface area contributed by atoms with E-state index in [1.54, 1.807) is 36.9 Å². The first-order valence-electron chi connectivity index (χ1n) is 7.77. The molecule has 0 unspecified atom stereocenters. The third-order valence-electron chi connectivity index (χ3n) is 3.53. The number of carbonyl (C=O) groups is 2. The van der Waals surface area contributed by atoms with Crippen molar-refractivity contribution in [2.75, 3.05) is 0 Å². The minimum atomic E-state index is -0.172. The molecule has 25 heavy (non-hydrogen) atoms. The lowest BCUT2D eigenvalue weighted by Gasteiger charge is -2.05. The van der Waals surface area contributed by atoms with Crippen molar-refractivity contribution in [1.29, 1.82) is 0 Å². The van der Waals surface area contributed by atoms with Gasteiger partial charge in [0.1, 0.15) is 0 Å². The monoisotopic (exact) mass is 346 g/mol. The van der Waals surface area contributed by atoms with Gasteiger partial charge in [-0.2, -0.15) is 0 Å². The fraction of sp³-hybridized carbons (Fsp3) is 0. The minimum Gasteiger partial charge on any atom is -0.343 e. The molecule has 0 atom stereocenters. The molecule has 0 bridgehead atoms. The van der Waals surface area contributed by atoms with Crippen molar-refractivity contribution >= 4 is 29.1 Å². The predicted octanol–water partition coefficient (Wildman–Crippen LogP) is 4.58. The van der Waals surface area contributed by atoms with Crippen LogP contribution in [0.1, 0.15) is 31.2 Å². The zero-order chi connectivity index (χ0) is 17.5. The molecule has 123 valence electrons. The van der Waals surface area contributed by atoms with Gasteiger partial charge in [-0.3, -0.25) is 9.59 Å². The number of hydrogen-bond acceptors (Lipinski definition) is 3. The molecule has 0 fully saturated rings. The topological polar surface area (TPSA) is 46.2 Å². The van der Waals surface area contributed by atoms with Crippen molar-refractivity contribution in [2.24, 2.45) is 0 Å². The SMILES string of the molecule is O=C(N[CH]c1ccccc1)c1ccc(C=CC(=O)c2cccs2)cc1. The first kappa shape index (κ1) is 16.9. The average molecular weight is 346 g/mol. The van der Waals surface area contributed by atoms with Crippen LogP contribution in [0.5, 0.6) is 0 Å². The van der Waals surface area contributed by atoms with E-state index in [0.717, 1.165) is 11.1 Å². The van der Waals surface area contributed by atoms with Gasteiger partial charge in [0.15, 0.2) is 5.78 Å². The summed E-state index contributed by atoms with van der Waals surface area (Å²) < 4.78 is 0. The number of amides is 1. The lowest BCUT2D eigenvalue weighted by atomic mass is 10.1. The van der Waals surface area contributed by atoms with Gasteiger partial charge in [-0.05, 0) is 40.8 Å². The second kappa shape index (κ2) is 8.22. The van der Waals surface area contributed by atoms with Gasteiger partial charge in [0.05, 0.1) is 11.4 Å². The first-order chi connectivity index (χ1) is 12.2. The van der Waals surface area contributed by atoms with Crippen molar-refractivity contribution in [3.8, 4) is 0 Å². The Labute approximate surface area is 150 Å². The summed E-state index contributed by atoms with van der Waals surface area (Å²) in [5, 5.41) is 4.64. The van der Waals surface area contributed by atoms with Gasteiger partial charge in [-0.15, -0.1) is 11.3 Å². The van der Waals surface area contributed by atoms with Crippen LogP contribution in [0.15, 0.2) is 78.2 Å². The van der Waals surface area contributed by atoms with E-state index in [-0.39, 0.29) is 11.7 Å². The van der Waals surface area contributed by atoms with Crippen molar-refractivity contribution in [2.45, 2.75) is 0 Å². The lowest BCUT2D eigenvalue weighted by molar-refractivity contribution is 0.0964. The zero-order valence-electron chi connectivity index (χ0n) is 13.4. The summed E-state index contributed by atoms with van der Waals surface area (Å²) in [5.74, 6) is -0.191. The molecule has 1 aromatic heterocycles. The van der Waals surface area contributed by atoms with Crippen molar-refractivity contribution in [1.82, 2.24) is 5.32 Å². The van der Waals surface area contributed by atoms with E-state index >= 15 is 0 Å². The van der Waals surface area contributed by atoms with Gasteiger partial charge < -0.3 is 5.32 Å². The highest BCUT2D eigenvalue weighted by molar-refractivity contribution is 7.12. The number of rotatable bonds is 6. The number of ketones is 1. The highest BCUT2D eigenvalue weighted by Gasteiger charge is 2.05. The van der Waals surface area contributed by atoms with Gasteiger partial charge in [0.2, 0.25) is 0 Å². The highest BCUT2D eigenvalue weighted by atomic mass is 32.1. The van der Waals surface area contributed by atoms with Crippen LogP contribution in [0, 0.1) is 6.54 Å². The Morgan fingerprint density at radius 1 is 0.840 bits per heavy atom. The minimum absolute atomic E-state index is 0.0192. The molecule has 0 spiro atoms. The highest BCUT2D eigenvalue weighted by Crippen LogP contribution is 2.12. The van der Waals surface area contributed by atoms with Crippen LogP contribution in [0.2, 0.25) is 0 Å². The standard InChI is InChI=1S/C21H16NO2S/c23-19(20-7-4-14-25-20)13-10-16-8-11-18(12-9-16)21(24)22-15-17-5-2-1-3-6-17/h1-15H,(H,22,24). The van der Waals surface area contributed by atoms with E-state index in [0.29, 0.717) is 10.4 Å². The smallest absolute Gasteiger partial charge is 0.251 e. The van der Waals surface area contributed by atoms with E-state index in [1.807, 2.05) is 53.9 Å². The van der Waals surface area contributed by atoms with Gasteiger partial charge >= 0.3 is 0 Å². The molecule has 2 aromatic carbocycles. The Balaban J connectivity index is 1.58. The molecule has 1 N–H and O–H groups in total. The van der Waals surface area contributed by atoms with E-state index in [2.05, 4.69) is 5.32 Å². The number of thiophene rings is 1. The molecule has 3 aromatic rings. The molecule has 0 saturated carbocycles. The van der Waals surface area contributed by atoms with Gasteiger partial charge in [-0.1, -0.05) is 54.6 Å². The molecule has 3 nitrogen and oxygen atoms in total. The van der Waals surface area contributed by atoms with Gasteiger partial charge in [0.25, 0.3) is 5.91 Å². The summed E-state index contributed by atoms with van der Waals surface area (Å²) in [6.07, 6.45) is 3.30. The van der Waals surface area contributed by atoms with Crippen LogP contribution in [-0.2, 0) is 0 Å². The molecule has 0 aliphatic heterocycles. The van der Waals surface area contributed by atoms with E-state index in [9.17, 15) is 9.59 Å². The van der Waals surface area contributed by atoms with E-state index in [4.69, 9.17) is 0 Å². The number of allylic oxidation sites excluding steroid dienone is 1. The summed E-state index contributed by atoms with van der Waals surface area (Å²) in [6.45, 7) is 1.68. The van der Waals surface area contributed by atoms with Crippen molar-refractivity contribution in [3.63, 3.8) is 0 Å². The Hall–Kier alpha value is -2.98. The molecule has 3 rings (SSSR count). The Morgan fingerprint density at radius 3 is 2.28 bits per heavy atom. The summed E-state index contributed by atoms with van der Waals surface area (Å²) in [5.41, 5.74) is 2.37. The predicted molar refractivity (Wildman–Crippen MR) is 101 cm³/mol. The maximum atomic E-state index is 12.1. The second-order valence-electron chi connectivity index (χ2n) is 5.33. The molecule has 0 saturated heterocycles. The summed E-state index contributed by atoms with van der Waals surface area (Å²) in [4.78, 5) is 24.8. The van der Waals surface area contributed by atoms with Crippen LogP contribution < -0.4 is 5.32 Å². The second-order valence-corrected chi connectivity index (χ2v) is 6.27. The number of carbonyl (C=O) groups excluding carboxylic acids is 2. The average Bonchev–Trinajstić information content (AvgIpc) is 3.20. The molecular formula is C21H16NO2S. The zero-order valence-corrected chi connectivity index (χ0v) is 14.2. The van der Waals surface area contributed by atoms with Gasteiger partial charge in [-0.25, -0.2) is 0 Å². The van der Waals surface area contributed by atoms with E-state index < -0.39 is 0 Å². The van der Waals surface area contributed by atoms with Crippen LogP contribution in [0.4, 0.5) is 0 Å². The maximum Gasteiger partial charge on any atom is 0.251 e. The molecular weight excluding hydrogens is 330 g/mol. The molecule has 0 aliphatic carbocycles. The summed E-state index contributed by atoms with van der Waals surface area (Å²) >= 11 is 1.42. The molecule has 1 amide bonds. The largest absolute Gasteiger partial charge is 0.343 e. The van der Waals surface area contributed by atoms with Crippen molar-refractivity contribution < 1.29 is 9.59 Å².